The van der Waals surface area contributed by atoms with Gasteiger partial charge in [0.25, 0.3) is 0 Å². The minimum Gasteiger partial charge on any atom is -0.320 e. The van der Waals surface area contributed by atoms with Gasteiger partial charge in [0.1, 0.15) is 0 Å². The number of piperidine rings is 1. The SMILES string of the molecule is CNCCC1CCN(Cc2cccc(F)c2F)CC1.Cl. The maximum atomic E-state index is 13.6. The van der Waals surface area contributed by atoms with Gasteiger partial charge in [-0.05, 0) is 57.9 Å². The zero-order chi connectivity index (χ0) is 13.7. The summed E-state index contributed by atoms with van der Waals surface area (Å²) in [7, 11) is 1.97. The summed E-state index contributed by atoms with van der Waals surface area (Å²) in [6, 6.07) is 4.42. The zero-order valence-corrected chi connectivity index (χ0v) is 12.7. The molecule has 1 aliphatic rings. The lowest BCUT2D eigenvalue weighted by molar-refractivity contribution is 0.170. The molecule has 0 amide bonds. The molecule has 1 aromatic rings. The van der Waals surface area contributed by atoms with Crippen LogP contribution in [0.5, 0.6) is 0 Å². The van der Waals surface area contributed by atoms with Crippen LogP contribution in [0.2, 0.25) is 0 Å². The predicted octanol–water partition coefficient (Wildman–Crippen LogP) is 3.21. The topological polar surface area (TPSA) is 15.3 Å². The molecule has 2 rings (SSSR count). The molecule has 1 aliphatic heterocycles. The molecule has 0 bridgehead atoms. The summed E-state index contributed by atoms with van der Waals surface area (Å²) in [5, 5.41) is 3.17. The van der Waals surface area contributed by atoms with Crippen molar-refractivity contribution in [1.82, 2.24) is 10.2 Å². The lowest BCUT2D eigenvalue weighted by atomic mass is 9.93. The van der Waals surface area contributed by atoms with Gasteiger partial charge in [-0.15, -0.1) is 12.4 Å². The van der Waals surface area contributed by atoms with Crippen molar-refractivity contribution >= 4 is 12.4 Å². The number of halogens is 3. The first-order valence-electron chi connectivity index (χ1n) is 7.00. The number of hydrogen-bond acceptors (Lipinski definition) is 2. The van der Waals surface area contributed by atoms with Crippen LogP contribution in [0.4, 0.5) is 8.78 Å². The van der Waals surface area contributed by atoms with E-state index in [1.807, 2.05) is 7.05 Å². The van der Waals surface area contributed by atoms with Crippen LogP contribution in [-0.2, 0) is 6.54 Å². The quantitative estimate of drug-likeness (QED) is 0.898. The van der Waals surface area contributed by atoms with Gasteiger partial charge in [0.15, 0.2) is 11.6 Å². The van der Waals surface area contributed by atoms with Crippen LogP contribution in [0, 0.1) is 17.6 Å². The number of nitrogens with zero attached hydrogens (tertiary/aromatic N) is 1. The average Bonchev–Trinajstić information content (AvgIpc) is 2.43. The Labute approximate surface area is 126 Å². The van der Waals surface area contributed by atoms with E-state index in [1.165, 1.54) is 12.5 Å². The Hall–Kier alpha value is -0.710. The van der Waals surface area contributed by atoms with Crippen molar-refractivity contribution in [3.63, 3.8) is 0 Å². The molecule has 114 valence electrons. The normalized spacial score (nSPS) is 16.9. The number of likely N-dealkylation sites (tertiary alicyclic amines) is 1. The predicted molar refractivity (Wildman–Crippen MR) is 80.2 cm³/mol. The standard InChI is InChI=1S/C15H22F2N2.ClH/c1-18-8-5-12-6-9-19(10-7-12)11-13-3-2-4-14(16)15(13)17;/h2-4,12,18H,5-11H2,1H3;1H. The third-order valence-electron chi connectivity index (χ3n) is 3.94. The fraction of sp³-hybridized carbons (Fsp3) is 0.600. The zero-order valence-electron chi connectivity index (χ0n) is 11.9. The van der Waals surface area contributed by atoms with Crippen molar-refractivity contribution in [3.8, 4) is 0 Å². The maximum absolute atomic E-state index is 13.6. The highest BCUT2D eigenvalue weighted by Gasteiger charge is 2.20. The molecule has 0 saturated carbocycles. The molecule has 0 spiro atoms. The Kier molecular flexibility index (Phi) is 7.41. The van der Waals surface area contributed by atoms with Gasteiger partial charge in [-0.1, -0.05) is 12.1 Å². The van der Waals surface area contributed by atoms with Gasteiger partial charge in [-0.3, -0.25) is 4.90 Å². The molecule has 0 aliphatic carbocycles. The molecule has 0 aromatic heterocycles. The first-order valence-corrected chi connectivity index (χ1v) is 7.00. The van der Waals surface area contributed by atoms with Crippen molar-refractivity contribution in [3.05, 3.63) is 35.4 Å². The second-order valence-electron chi connectivity index (χ2n) is 5.32. The Balaban J connectivity index is 0.00000200. The fourth-order valence-electron chi connectivity index (χ4n) is 2.69. The fourth-order valence-corrected chi connectivity index (χ4v) is 2.69. The first kappa shape index (κ1) is 17.3. The van der Waals surface area contributed by atoms with Gasteiger partial charge in [0.05, 0.1) is 0 Å². The molecule has 2 nitrogen and oxygen atoms in total. The van der Waals surface area contributed by atoms with Gasteiger partial charge < -0.3 is 5.32 Å². The van der Waals surface area contributed by atoms with Crippen molar-refractivity contribution in [2.45, 2.75) is 25.8 Å². The Morgan fingerprint density at radius 2 is 1.95 bits per heavy atom. The van der Waals surface area contributed by atoms with E-state index >= 15 is 0 Å². The number of nitrogens with one attached hydrogen (secondary N) is 1. The van der Waals surface area contributed by atoms with Crippen LogP contribution >= 0.6 is 12.4 Å². The van der Waals surface area contributed by atoms with Crippen molar-refractivity contribution in [1.29, 1.82) is 0 Å². The molecule has 0 radical (unpaired) electrons. The van der Waals surface area contributed by atoms with E-state index in [-0.39, 0.29) is 12.4 Å². The van der Waals surface area contributed by atoms with E-state index in [1.54, 1.807) is 12.1 Å². The van der Waals surface area contributed by atoms with Gasteiger partial charge >= 0.3 is 0 Å². The molecule has 0 unspecified atom stereocenters. The lowest BCUT2D eigenvalue weighted by Crippen LogP contribution is -2.34. The molecule has 1 fully saturated rings. The van der Waals surface area contributed by atoms with E-state index < -0.39 is 11.6 Å². The number of rotatable bonds is 5. The summed E-state index contributed by atoms with van der Waals surface area (Å²) in [4.78, 5) is 2.22. The lowest BCUT2D eigenvalue weighted by Gasteiger charge is -2.32. The molecule has 0 atom stereocenters. The van der Waals surface area contributed by atoms with Crippen LogP contribution in [0.3, 0.4) is 0 Å². The van der Waals surface area contributed by atoms with Crippen molar-refractivity contribution in [2.24, 2.45) is 5.92 Å². The molecular weight excluding hydrogens is 282 g/mol. The summed E-state index contributed by atoms with van der Waals surface area (Å²) in [5.41, 5.74) is 0.466. The second-order valence-corrected chi connectivity index (χ2v) is 5.32. The summed E-state index contributed by atoms with van der Waals surface area (Å²) in [6.45, 7) is 3.53. The van der Waals surface area contributed by atoms with E-state index in [0.29, 0.717) is 12.1 Å². The van der Waals surface area contributed by atoms with Crippen LogP contribution in [0.25, 0.3) is 0 Å². The van der Waals surface area contributed by atoms with Gasteiger partial charge in [-0.25, -0.2) is 8.78 Å². The smallest absolute Gasteiger partial charge is 0.163 e. The maximum Gasteiger partial charge on any atom is 0.163 e. The molecular formula is C15H23ClF2N2. The van der Waals surface area contributed by atoms with Crippen LogP contribution < -0.4 is 5.32 Å². The van der Waals surface area contributed by atoms with E-state index in [0.717, 1.165) is 38.4 Å². The highest BCUT2D eigenvalue weighted by Crippen LogP contribution is 2.22. The monoisotopic (exact) mass is 304 g/mol. The molecule has 1 heterocycles. The van der Waals surface area contributed by atoms with Crippen LogP contribution in [-0.4, -0.2) is 31.6 Å². The minimum atomic E-state index is -0.749. The van der Waals surface area contributed by atoms with E-state index in [9.17, 15) is 8.78 Å². The highest BCUT2D eigenvalue weighted by molar-refractivity contribution is 5.85. The molecule has 1 aromatic carbocycles. The van der Waals surface area contributed by atoms with E-state index in [2.05, 4.69) is 10.2 Å². The second kappa shape index (κ2) is 8.55. The van der Waals surface area contributed by atoms with Gasteiger partial charge in [0, 0.05) is 12.1 Å². The molecule has 5 heteroatoms. The Morgan fingerprint density at radius 1 is 1.25 bits per heavy atom. The highest BCUT2D eigenvalue weighted by atomic mass is 35.5. The van der Waals surface area contributed by atoms with Gasteiger partial charge in [-0.2, -0.15) is 0 Å². The summed E-state index contributed by atoms with van der Waals surface area (Å²) in [5.74, 6) is -0.678. The molecule has 1 saturated heterocycles. The minimum absolute atomic E-state index is 0. The van der Waals surface area contributed by atoms with Crippen LogP contribution in [0.15, 0.2) is 18.2 Å². The molecule has 1 N–H and O–H groups in total. The van der Waals surface area contributed by atoms with Crippen molar-refractivity contribution in [2.75, 3.05) is 26.7 Å². The summed E-state index contributed by atoms with van der Waals surface area (Å²) >= 11 is 0. The third-order valence-corrected chi connectivity index (χ3v) is 3.94. The van der Waals surface area contributed by atoms with Gasteiger partial charge in [0.2, 0.25) is 0 Å². The summed E-state index contributed by atoms with van der Waals surface area (Å²) in [6.07, 6.45) is 3.51. The van der Waals surface area contributed by atoms with E-state index in [4.69, 9.17) is 0 Å². The summed E-state index contributed by atoms with van der Waals surface area (Å²) < 4.78 is 26.7. The van der Waals surface area contributed by atoms with Crippen molar-refractivity contribution < 1.29 is 8.78 Å². The Bertz CT molecular complexity index is 407. The van der Waals surface area contributed by atoms with Crippen LogP contribution in [0.1, 0.15) is 24.8 Å². The first-order chi connectivity index (χ1) is 9.20. The largest absolute Gasteiger partial charge is 0.320 e. The number of hydrogen-bond donors (Lipinski definition) is 1. The third kappa shape index (κ3) is 4.69. The number of benzene rings is 1. The average molecular weight is 305 g/mol. The molecule has 20 heavy (non-hydrogen) atoms. The Morgan fingerprint density at radius 3 is 2.60 bits per heavy atom.